The molecule has 0 aliphatic carbocycles. The average Bonchev–Trinajstić information content (AvgIpc) is 3.48. The van der Waals surface area contributed by atoms with Gasteiger partial charge in [-0.05, 0) is 60.7 Å². The van der Waals surface area contributed by atoms with Crippen LogP contribution in [0.4, 0.5) is 5.69 Å². The van der Waals surface area contributed by atoms with Crippen LogP contribution in [0.15, 0.2) is 89.8 Å². The van der Waals surface area contributed by atoms with Crippen LogP contribution in [0.25, 0.3) is 6.08 Å². The average molecular weight is 566 g/mol. The van der Waals surface area contributed by atoms with Gasteiger partial charge in [0.1, 0.15) is 5.75 Å². The molecule has 0 saturated carbocycles. The van der Waals surface area contributed by atoms with Gasteiger partial charge < -0.3 is 19.7 Å². The Bertz CT molecular complexity index is 1390. The molecule has 9 heteroatoms. The van der Waals surface area contributed by atoms with Gasteiger partial charge in [-0.2, -0.15) is 0 Å². The van der Waals surface area contributed by atoms with Crippen molar-refractivity contribution in [1.29, 1.82) is 0 Å². The molecule has 40 heavy (non-hydrogen) atoms. The van der Waals surface area contributed by atoms with Crippen LogP contribution in [-0.4, -0.2) is 56.6 Å². The van der Waals surface area contributed by atoms with Gasteiger partial charge in [0.05, 0.1) is 35.9 Å². The Morgan fingerprint density at radius 2 is 1.85 bits per heavy atom. The molecular weight excluding hydrogens is 530 g/mol. The summed E-state index contributed by atoms with van der Waals surface area (Å²) in [6, 6.07) is 22.8. The highest BCUT2D eigenvalue weighted by molar-refractivity contribution is 7.92. The molecule has 1 fully saturated rings. The number of nitrogens with zero attached hydrogens (tertiary/aromatic N) is 1. The molecule has 0 radical (unpaired) electrons. The predicted octanol–water partition coefficient (Wildman–Crippen LogP) is 4.92. The van der Waals surface area contributed by atoms with E-state index < -0.39 is 22.1 Å². The number of aliphatic hydroxyl groups excluding tert-OH is 1. The van der Waals surface area contributed by atoms with Gasteiger partial charge in [-0.25, -0.2) is 8.42 Å². The Labute approximate surface area is 235 Å². The van der Waals surface area contributed by atoms with Crippen molar-refractivity contribution in [3.05, 3.63) is 96.1 Å². The minimum Gasteiger partial charge on any atom is -0.493 e. The highest BCUT2D eigenvalue weighted by Gasteiger charge is 2.29. The lowest BCUT2D eigenvalue weighted by Gasteiger charge is -2.27. The number of carboxylic acids is 1. The minimum atomic E-state index is -3.81. The van der Waals surface area contributed by atoms with E-state index in [1.165, 1.54) is 4.31 Å². The van der Waals surface area contributed by atoms with Gasteiger partial charge in [0.25, 0.3) is 10.0 Å². The van der Waals surface area contributed by atoms with E-state index in [9.17, 15) is 18.3 Å². The lowest BCUT2D eigenvalue weighted by atomic mass is 10.1. The van der Waals surface area contributed by atoms with Gasteiger partial charge in [-0.15, -0.1) is 0 Å². The highest BCUT2D eigenvalue weighted by atomic mass is 32.2. The highest BCUT2D eigenvalue weighted by Crippen LogP contribution is 2.28. The van der Waals surface area contributed by atoms with E-state index in [-0.39, 0.29) is 30.6 Å². The van der Waals surface area contributed by atoms with E-state index in [1.807, 2.05) is 24.3 Å². The fraction of sp³-hybridized carbons (Fsp3) is 0.323. The van der Waals surface area contributed by atoms with E-state index in [2.05, 4.69) is 0 Å². The molecule has 212 valence electrons. The van der Waals surface area contributed by atoms with Crippen LogP contribution in [0, 0.1) is 0 Å². The molecule has 2 N–H and O–H groups in total. The summed E-state index contributed by atoms with van der Waals surface area (Å²) in [5, 5.41) is 19.5. The second-order valence-electron chi connectivity index (χ2n) is 9.64. The fourth-order valence-electron chi connectivity index (χ4n) is 4.52. The van der Waals surface area contributed by atoms with Crippen LogP contribution in [-0.2, 0) is 26.0 Å². The number of aryl methyl sites for hydroxylation is 1. The van der Waals surface area contributed by atoms with Crippen molar-refractivity contribution in [2.24, 2.45) is 0 Å². The Morgan fingerprint density at radius 1 is 1.07 bits per heavy atom. The van der Waals surface area contributed by atoms with E-state index in [0.717, 1.165) is 24.0 Å². The maximum absolute atomic E-state index is 13.6. The van der Waals surface area contributed by atoms with E-state index in [0.29, 0.717) is 30.9 Å². The molecule has 1 aliphatic heterocycles. The lowest BCUT2D eigenvalue weighted by molar-refractivity contribution is -0.136. The number of para-hydroxylation sites is 1. The summed E-state index contributed by atoms with van der Waals surface area (Å²) in [7, 11) is -3.81. The van der Waals surface area contributed by atoms with Crippen molar-refractivity contribution in [3.8, 4) is 5.75 Å². The van der Waals surface area contributed by atoms with Crippen molar-refractivity contribution in [2.75, 3.05) is 24.1 Å². The van der Waals surface area contributed by atoms with E-state index >= 15 is 0 Å². The van der Waals surface area contributed by atoms with Crippen molar-refractivity contribution in [1.82, 2.24) is 0 Å². The zero-order chi connectivity index (χ0) is 28.4. The number of ether oxygens (including phenoxy) is 2. The van der Waals surface area contributed by atoms with Gasteiger partial charge in [0.2, 0.25) is 0 Å². The summed E-state index contributed by atoms with van der Waals surface area (Å²) in [5.74, 6) is -0.259. The normalized spacial score (nSPS) is 16.2. The van der Waals surface area contributed by atoms with Crippen molar-refractivity contribution in [2.45, 2.75) is 49.2 Å². The number of benzene rings is 3. The van der Waals surface area contributed by atoms with Crippen LogP contribution in [0.3, 0.4) is 0 Å². The number of sulfonamides is 1. The number of anilines is 1. The Kier molecular flexibility index (Phi) is 10.3. The first kappa shape index (κ1) is 29.3. The number of rotatable bonds is 14. The minimum absolute atomic E-state index is 0.0164. The van der Waals surface area contributed by atoms with Crippen molar-refractivity contribution < 1.29 is 32.9 Å². The molecule has 2 atom stereocenters. The summed E-state index contributed by atoms with van der Waals surface area (Å²) in [5.41, 5.74) is 2.08. The van der Waals surface area contributed by atoms with E-state index in [1.54, 1.807) is 66.7 Å². The van der Waals surface area contributed by atoms with Crippen LogP contribution in [0.2, 0.25) is 0 Å². The van der Waals surface area contributed by atoms with E-state index in [4.69, 9.17) is 14.6 Å². The molecule has 3 aromatic rings. The molecule has 2 unspecified atom stereocenters. The second-order valence-corrected chi connectivity index (χ2v) is 11.5. The maximum atomic E-state index is 13.6. The number of hydrogen-bond acceptors (Lipinski definition) is 6. The molecular formula is C31H35NO7S. The molecule has 1 aliphatic rings. The zero-order valence-corrected chi connectivity index (χ0v) is 23.1. The number of aliphatic carboxylic acids is 1. The van der Waals surface area contributed by atoms with Crippen LogP contribution >= 0.6 is 0 Å². The molecule has 1 heterocycles. The first-order valence-corrected chi connectivity index (χ1v) is 14.8. The van der Waals surface area contributed by atoms with Gasteiger partial charge in [0, 0.05) is 19.4 Å². The molecule has 0 bridgehead atoms. The van der Waals surface area contributed by atoms with Crippen LogP contribution in [0.1, 0.15) is 36.8 Å². The number of carbonyl (C=O) groups is 1. The lowest BCUT2D eigenvalue weighted by Crippen LogP contribution is -2.37. The summed E-state index contributed by atoms with van der Waals surface area (Å²) >= 11 is 0. The van der Waals surface area contributed by atoms with Crippen molar-refractivity contribution >= 4 is 27.8 Å². The largest absolute Gasteiger partial charge is 0.493 e. The SMILES string of the molecule is O=C(O)CCc1ccccc1OCCC(O)/C=C/c1cccc(N(CC2CCCO2)S(=O)(=O)c2ccccc2)c1. The van der Waals surface area contributed by atoms with Crippen molar-refractivity contribution in [3.63, 3.8) is 0 Å². The summed E-state index contributed by atoms with van der Waals surface area (Å²) in [4.78, 5) is 11.1. The molecule has 8 nitrogen and oxygen atoms in total. The van der Waals surface area contributed by atoms with Gasteiger partial charge in [0.15, 0.2) is 0 Å². The summed E-state index contributed by atoms with van der Waals surface area (Å²) < 4.78 is 40.2. The molecule has 0 spiro atoms. The van der Waals surface area contributed by atoms with Crippen LogP contribution < -0.4 is 9.04 Å². The first-order chi connectivity index (χ1) is 19.3. The summed E-state index contributed by atoms with van der Waals surface area (Å²) in [6.45, 7) is 1.10. The Hall–Kier alpha value is -3.66. The second kappa shape index (κ2) is 14.1. The third kappa shape index (κ3) is 8.17. The fourth-order valence-corrected chi connectivity index (χ4v) is 6.03. The Balaban J connectivity index is 1.42. The third-order valence-corrected chi connectivity index (χ3v) is 8.45. The number of aliphatic hydroxyl groups is 1. The van der Waals surface area contributed by atoms with Gasteiger partial charge >= 0.3 is 5.97 Å². The smallest absolute Gasteiger partial charge is 0.303 e. The quantitative estimate of drug-likeness (QED) is 0.285. The number of hydrogen-bond donors (Lipinski definition) is 2. The number of carboxylic acid groups (broad SMARTS) is 1. The predicted molar refractivity (Wildman–Crippen MR) is 154 cm³/mol. The molecule has 4 rings (SSSR count). The molecule has 1 saturated heterocycles. The maximum Gasteiger partial charge on any atom is 0.303 e. The molecule has 0 aromatic heterocycles. The monoisotopic (exact) mass is 565 g/mol. The first-order valence-electron chi connectivity index (χ1n) is 13.4. The molecule has 3 aromatic carbocycles. The van der Waals surface area contributed by atoms with Gasteiger partial charge in [-0.3, -0.25) is 9.10 Å². The van der Waals surface area contributed by atoms with Crippen LogP contribution in [0.5, 0.6) is 5.75 Å². The van der Waals surface area contributed by atoms with Gasteiger partial charge in [-0.1, -0.05) is 60.7 Å². The third-order valence-electron chi connectivity index (χ3n) is 6.65. The standard InChI is InChI=1S/C31H35NO7S/c33-27(19-21-39-30-14-5-4-9-25(30)16-18-31(34)35)17-15-24-8-6-10-26(22-24)32(23-28-11-7-20-38-28)40(36,37)29-12-2-1-3-13-29/h1-6,8-10,12-15,17,22,27-28,33H,7,11,16,18-21,23H2,(H,34,35)/b17-15+. The zero-order valence-electron chi connectivity index (χ0n) is 22.3. The summed E-state index contributed by atoms with van der Waals surface area (Å²) in [6.07, 6.45) is 4.87. The Morgan fingerprint density at radius 3 is 2.60 bits per heavy atom. The topological polar surface area (TPSA) is 113 Å². The molecule has 0 amide bonds.